The Morgan fingerprint density at radius 3 is 1.61 bits per heavy atom. The maximum atomic E-state index is 12.9. The molecule has 0 radical (unpaired) electrons. The van der Waals surface area contributed by atoms with Gasteiger partial charge in [0.25, 0.3) is 0 Å². The number of aliphatic hydroxyl groups is 1. The third-order valence-corrected chi connectivity index (χ3v) is 5.38. The molecular weight excluding hydrogens is 466 g/mol. The smallest absolute Gasteiger partial charge is 0.337 e. The van der Waals surface area contributed by atoms with Crippen LogP contribution in [0.25, 0.3) is 22.3 Å². The van der Waals surface area contributed by atoms with Crippen molar-refractivity contribution in [1.29, 1.82) is 0 Å². The van der Waals surface area contributed by atoms with E-state index in [1.807, 2.05) is 12.1 Å². The summed E-state index contributed by atoms with van der Waals surface area (Å²) in [6.45, 7) is -0.0277. The highest BCUT2D eigenvalue weighted by Crippen LogP contribution is 2.32. The van der Waals surface area contributed by atoms with Crippen molar-refractivity contribution in [3.05, 3.63) is 108 Å². The molecule has 0 bridgehead atoms. The van der Waals surface area contributed by atoms with E-state index in [4.69, 9.17) is 14.6 Å². The number of aliphatic hydroxyl groups excluding tert-OH is 1. The fourth-order valence-electron chi connectivity index (χ4n) is 3.51. The second-order valence-electron chi connectivity index (χ2n) is 7.61. The SMILES string of the molecule is COC(=O)c1ccc(-c2ccc(F)cc2)c(OC)c1.COc1cc(CO)ccc1-c1ccc(F)cc1. The molecule has 0 saturated heterocycles. The Morgan fingerprint density at radius 2 is 1.17 bits per heavy atom. The lowest BCUT2D eigenvalue weighted by Crippen LogP contribution is -2.01. The van der Waals surface area contributed by atoms with Crippen molar-refractivity contribution in [2.24, 2.45) is 0 Å². The fourth-order valence-corrected chi connectivity index (χ4v) is 3.51. The van der Waals surface area contributed by atoms with Gasteiger partial charge < -0.3 is 19.3 Å². The summed E-state index contributed by atoms with van der Waals surface area (Å²) in [4.78, 5) is 11.4. The largest absolute Gasteiger partial charge is 0.496 e. The van der Waals surface area contributed by atoms with Gasteiger partial charge in [-0.2, -0.15) is 0 Å². The Bertz CT molecular complexity index is 1300. The first-order valence-electron chi connectivity index (χ1n) is 11.0. The molecule has 0 aromatic heterocycles. The first kappa shape index (κ1) is 26.4. The average Bonchev–Trinajstić information content (AvgIpc) is 2.93. The van der Waals surface area contributed by atoms with Gasteiger partial charge in [0.15, 0.2) is 0 Å². The third kappa shape index (κ3) is 6.46. The third-order valence-electron chi connectivity index (χ3n) is 5.38. The molecule has 0 heterocycles. The normalized spacial score (nSPS) is 10.2. The van der Waals surface area contributed by atoms with Crippen LogP contribution in [0.15, 0.2) is 84.9 Å². The van der Waals surface area contributed by atoms with Gasteiger partial charge in [-0.25, -0.2) is 13.6 Å². The maximum Gasteiger partial charge on any atom is 0.337 e. The minimum Gasteiger partial charge on any atom is -0.496 e. The molecule has 4 aromatic rings. The number of carbonyl (C=O) groups excluding carboxylic acids is 1. The topological polar surface area (TPSA) is 65.0 Å². The molecule has 0 aliphatic carbocycles. The standard InChI is InChI=1S/C15H13FO3.C14H13FO2/c1-18-14-9-11(15(17)19-2)5-8-13(14)10-3-6-12(16)7-4-10;1-17-14-8-10(9-16)2-7-13(14)11-3-5-12(15)6-4-11/h3-9H,1-2H3;2-8,16H,9H2,1H3. The molecule has 0 fully saturated rings. The molecular formula is C29H26F2O5. The molecule has 0 amide bonds. The van der Waals surface area contributed by atoms with Crippen LogP contribution < -0.4 is 9.47 Å². The van der Waals surface area contributed by atoms with Gasteiger partial charge in [-0.05, 0) is 65.2 Å². The molecule has 1 N–H and O–H groups in total. The van der Waals surface area contributed by atoms with Crippen molar-refractivity contribution < 1.29 is 32.9 Å². The molecule has 186 valence electrons. The van der Waals surface area contributed by atoms with Gasteiger partial charge in [-0.1, -0.05) is 36.4 Å². The van der Waals surface area contributed by atoms with Gasteiger partial charge in [-0.15, -0.1) is 0 Å². The van der Waals surface area contributed by atoms with Crippen molar-refractivity contribution in [3.63, 3.8) is 0 Å². The number of benzene rings is 4. The van der Waals surface area contributed by atoms with E-state index in [1.54, 1.807) is 55.6 Å². The Morgan fingerprint density at radius 1 is 0.694 bits per heavy atom. The molecule has 0 saturated carbocycles. The second-order valence-corrected chi connectivity index (χ2v) is 7.61. The number of carbonyl (C=O) groups is 1. The zero-order chi connectivity index (χ0) is 26.1. The summed E-state index contributed by atoms with van der Waals surface area (Å²) >= 11 is 0. The van der Waals surface area contributed by atoms with Crippen LogP contribution in [0.3, 0.4) is 0 Å². The summed E-state index contributed by atoms with van der Waals surface area (Å²) in [7, 11) is 4.41. The van der Waals surface area contributed by atoms with E-state index in [9.17, 15) is 13.6 Å². The monoisotopic (exact) mass is 492 g/mol. The molecule has 4 aromatic carbocycles. The van der Waals surface area contributed by atoms with Crippen LogP contribution in [0.2, 0.25) is 0 Å². The molecule has 0 aliphatic heterocycles. The van der Waals surface area contributed by atoms with Gasteiger partial charge in [0.2, 0.25) is 0 Å². The van der Waals surface area contributed by atoms with Crippen LogP contribution in [0.1, 0.15) is 15.9 Å². The summed E-state index contributed by atoms with van der Waals surface area (Å²) in [5.41, 5.74) is 4.56. The van der Waals surface area contributed by atoms with Gasteiger partial charge in [0.1, 0.15) is 23.1 Å². The minimum absolute atomic E-state index is 0.0277. The van der Waals surface area contributed by atoms with Crippen LogP contribution >= 0.6 is 0 Å². The van der Waals surface area contributed by atoms with E-state index >= 15 is 0 Å². The van der Waals surface area contributed by atoms with Crippen molar-refractivity contribution in [2.45, 2.75) is 6.61 Å². The molecule has 36 heavy (non-hydrogen) atoms. The lowest BCUT2D eigenvalue weighted by Gasteiger charge is -2.10. The number of rotatable bonds is 6. The second kappa shape index (κ2) is 12.5. The highest BCUT2D eigenvalue weighted by molar-refractivity contribution is 5.91. The molecule has 5 nitrogen and oxygen atoms in total. The lowest BCUT2D eigenvalue weighted by atomic mass is 10.0. The van der Waals surface area contributed by atoms with Crippen LogP contribution in [0, 0.1) is 11.6 Å². The van der Waals surface area contributed by atoms with Crippen LogP contribution in [-0.2, 0) is 11.3 Å². The zero-order valence-corrected chi connectivity index (χ0v) is 20.1. The zero-order valence-electron chi connectivity index (χ0n) is 20.1. The van der Waals surface area contributed by atoms with Crippen molar-refractivity contribution >= 4 is 5.97 Å². The highest BCUT2D eigenvalue weighted by Gasteiger charge is 2.12. The highest BCUT2D eigenvalue weighted by atomic mass is 19.1. The first-order valence-corrected chi connectivity index (χ1v) is 11.0. The molecule has 0 atom stereocenters. The molecule has 0 spiro atoms. The van der Waals surface area contributed by atoms with E-state index < -0.39 is 5.97 Å². The summed E-state index contributed by atoms with van der Waals surface area (Å²) in [6.07, 6.45) is 0. The number of hydrogen-bond acceptors (Lipinski definition) is 5. The Labute approximate surface area is 208 Å². The summed E-state index contributed by atoms with van der Waals surface area (Å²) < 4.78 is 40.9. The Kier molecular flexibility index (Phi) is 9.13. The number of hydrogen-bond donors (Lipinski definition) is 1. The summed E-state index contributed by atoms with van der Waals surface area (Å²) in [5.74, 6) is 0.218. The quantitative estimate of drug-likeness (QED) is 0.321. The number of methoxy groups -OCH3 is 3. The van der Waals surface area contributed by atoms with Crippen molar-refractivity contribution in [2.75, 3.05) is 21.3 Å². The summed E-state index contributed by atoms with van der Waals surface area (Å²) in [5, 5.41) is 9.05. The predicted octanol–water partition coefficient (Wildman–Crippen LogP) is 6.28. The molecule has 4 rings (SSSR count). The minimum atomic E-state index is -0.427. The number of ether oxygens (including phenoxy) is 3. The molecule has 0 aliphatic rings. The first-order chi connectivity index (χ1) is 17.4. The van der Waals surface area contributed by atoms with Gasteiger partial charge >= 0.3 is 5.97 Å². The Hall–Kier alpha value is -4.23. The predicted molar refractivity (Wildman–Crippen MR) is 134 cm³/mol. The lowest BCUT2D eigenvalue weighted by molar-refractivity contribution is 0.0600. The van der Waals surface area contributed by atoms with Crippen LogP contribution in [0.5, 0.6) is 11.5 Å². The van der Waals surface area contributed by atoms with E-state index in [0.29, 0.717) is 17.1 Å². The molecule has 0 unspecified atom stereocenters. The van der Waals surface area contributed by atoms with Crippen molar-refractivity contribution in [1.82, 2.24) is 0 Å². The van der Waals surface area contributed by atoms with Crippen LogP contribution in [0.4, 0.5) is 8.78 Å². The Balaban J connectivity index is 0.000000202. The summed E-state index contributed by atoms with van der Waals surface area (Å²) in [6, 6.07) is 22.7. The van der Waals surface area contributed by atoms with Gasteiger partial charge in [0.05, 0.1) is 33.5 Å². The van der Waals surface area contributed by atoms with Gasteiger partial charge in [0, 0.05) is 11.1 Å². The fraction of sp³-hybridized carbons (Fsp3) is 0.138. The number of halogens is 2. The van der Waals surface area contributed by atoms with Crippen molar-refractivity contribution in [3.8, 4) is 33.8 Å². The van der Waals surface area contributed by atoms with E-state index in [0.717, 1.165) is 27.8 Å². The molecule has 7 heteroatoms. The van der Waals surface area contributed by atoms with E-state index in [-0.39, 0.29) is 18.2 Å². The van der Waals surface area contributed by atoms with Gasteiger partial charge in [-0.3, -0.25) is 0 Å². The van der Waals surface area contributed by atoms with E-state index in [1.165, 1.54) is 38.5 Å². The number of esters is 1. The van der Waals surface area contributed by atoms with E-state index in [2.05, 4.69) is 4.74 Å². The van der Waals surface area contributed by atoms with Crippen LogP contribution in [-0.4, -0.2) is 32.4 Å². The average molecular weight is 493 g/mol. The maximum absolute atomic E-state index is 12.9.